The summed E-state index contributed by atoms with van der Waals surface area (Å²) in [4.78, 5) is 22.4. The summed E-state index contributed by atoms with van der Waals surface area (Å²) < 4.78 is 39.8. The zero-order chi connectivity index (χ0) is 29.4. The van der Waals surface area contributed by atoms with E-state index in [-0.39, 0.29) is 5.91 Å². The topological polar surface area (TPSA) is 42.1 Å². The fourth-order valence-electron chi connectivity index (χ4n) is 6.98. The average Bonchev–Trinajstić information content (AvgIpc) is 3.01. The fourth-order valence-corrected chi connectivity index (χ4v) is 6.98. The highest BCUT2D eigenvalue weighted by molar-refractivity contribution is 5.75. The number of nitrogens with one attached hydrogen (secondary N) is 1. The summed E-state index contributed by atoms with van der Waals surface area (Å²) in [5.41, 5.74) is 1.35. The second-order valence-electron chi connectivity index (χ2n) is 12.2. The molecule has 3 saturated heterocycles. The molecule has 0 bridgehead atoms. The third-order valence-electron chi connectivity index (χ3n) is 9.29. The van der Waals surface area contributed by atoms with E-state index in [4.69, 9.17) is 0 Å². The number of likely N-dealkylation sites (tertiary alicyclic amines) is 2. The van der Waals surface area contributed by atoms with E-state index in [9.17, 15) is 18.0 Å². The predicted octanol–water partition coefficient (Wildman–Crippen LogP) is 5.10. The second kappa shape index (κ2) is 14.7. The maximum Gasteiger partial charge on any atom is 0.416 e. The van der Waals surface area contributed by atoms with Crippen LogP contribution in [0.2, 0.25) is 0 Å². The molecule has 0 saturated carbocycles. The maximum atomic E-state index is 13.3. The molecule has 42 heavy (non-hydrogen) atoms. The van der Waals surface area contributed by atoms with Gasteiger partial charge in [0.2, 0.25) is 5.91 Å². The quantitative estimate of drug-likeness (QED) is 0.420. The van der Waals surface area contributed by atoms with Gasteiger partial charge in [-0.25, -0.2) is 0 Å². The van der Waals surface area contributed by atoms with E-state index >= 15 is 0 Å². The summed E-state index contributed by atoms with van der Waals surface area (Å²) in [6.07, 6.45) is 1.91. The fraction of sp³-hybridized carbons (Fsp3) is 0.606. The number of benzene rings is 2. The van der Waals surface area contributed by atoms with Crippen molar-refractivity contribution >= 4 is 11.6 Å². The van der Waals surface area contributed by atoms with Crippen LogP contribution in [0.15, 0.2) is 54.6 Å². The number of hydrogen-bond acceptors (Lipinski definition) is 5. The molecule has 3 heterocycles. The number of carbonyl (C=O) groups is 1. The molecular formula is C33H46F3N5O. The van der Waals surface area contributed by atoms with Crippen LogP contribution in [0.4, 0.5) is 18.9 Å². The minimum atomic E-state index is -4.33. The number of nitrogens with zero attached hydrogens (tertiary/aromatic N) is 4. The Balaban J connectivity index is 1.16. The predicted molar refractivity (Wildman–Crippen MR) is 161 cm³/mol. The monoisotopic (exact) mass is 585 g/mol. The molecule has 2 aromatic rings. The Hall–Kier alpha value is -2.62. The Labute approximate surface area is 248 Å². The van der Waals surface area contributed by atoms with Crippen LogP contribution in [0.1, 0.15) is 49.7 Å². The highest BCUT2D eigenvalue weighted by Crippen LogP contribution is 2.33. The van der Waals surface area contributed by atoms with Gasteiger partial charge in [0.25, 0.3) is 0 Å². The Morgan fingerprint density at radius 1 is 0.857 bits per heavy atom. The summed E-state index contributed by atoms with van der Waals surface area (Å²) in [6, 6.07) is 16.6. The molecule has 1 amide bonds. The number of hydrogen-bond donors (Lipinski definition) is 1. The van der Waals surface area contributed by atoms with E-state index in [1.165, 1.54) is 37.0 Å². The van der Waals surface area contributed by atoms with E-state index < -0.39 is 11.7 Å². The lowest BCUT2D eigenvalue weighted by atomic mass is 9.86. The van der Waals surface area contributed by atoms with Gasteiger partial charge in [-0.2, -0.15) is 13.2 Å². The Morgan fingerprint density at radius 2 is 1.62 bits per heavy atom. The van der Waals surface area contributed by atoms with Gasteiger partial charge in [0, 0.05) is 70.5 Å². The highest BCUT2D eigenvalue weighted by atomic mass is 19.4. The van der Waals surface area contributed by atoms with Crippen molar-refractivity contribution in [3.8, 4) is 0 Å². The van der Waals surface area contributed by atoms with Crippen LogP contribution in [0, 0.1) is 5.92 Å². The summed E-state index contributed by atoms with van der Waals surface area (Å²) in [5, 5.41) is 3.16. The van der Waals surface area contributed by atoms with Crippen molar-refractivity contribution in [3.63, 3.8) is 0 Å². The number of rotatable bonds is 10. The van der Waals surface area contributed by atoms with Crippen LogP contribution in [-0.4, -0.2) is 92.1 Å². The number of amides is 1. The first-order valence-corrected chi connectivity index (χ1v) is 15.8. The molecule has 230 valence electrons. The lowest BCUT2D eigenvalue weighted by Crippen LogP contribution is -2.56. The van der Waals surface area contributed by atoms with Gasteiger partial charge in [0.05, 0.1) is 5.56 Å². The molecule has 2 atom stereocenters. The minimum absolute atomic E-state index is 0.139. The van der Waals surface area contributed by atoms with Crippen LogP contribution in [0.25, 0.3) is 0 Å². The average molecular weight is 586 g/mol. The molecule has 0 spiro atoms. The van der Waals surface area contributed by atoms with E-state index in [1.54, 1.807) is 6.07 Å². The Kier molecular flexibility index (Phi) is 10.8. The molecule has 3 aliphatic heterocycles. The Bertz CT molecular complexity index is 1120. The molecule has 1 N–H and O–H groups in total. The molecule has 5 rings (SSSR count). The number of alkyl halides is 3. The van der Waals surface area contributed by atoms with Crippen LogP contribution in [0.3, 0.4) is 0 Å². The SMILES string of the molecule is O=C(CC[C@@H]1CN(Cc2ccccc2)CC[C@@H]1N1CCN(c2cccc(C(F)(F)F)c2)CC1)NCCN1CCCCC1. The van der Waals surface area contributed by atoms with Crippen molar-refractivity contribution in [2.75, 3.05) is 70.3 Å². The van der Waals surface area contributed by atoms with Gasteiger partial charge >= 0.3 is 6.18 Å². The number of piperidine rings is 2. The smallest absolute Gasteiger partial charge is 0.369 e. The largest absolute Gasteiger partial charge is 0.416 e. The van der Waals surface area contributed by atoms with E-state index in [2.05, 4.69) is 49.2 Å². The number of carbonyl (C=O) groups excluding carboxylic acids is 1. The van der Waals surface area contributed by atoms with Crippen LogP contribution in [0.5, 0.6) is 0 Å². The maximum absolute atomic E-state index is 13.3. The molecule has 6 nitrogen and oxygen atoms in total. The van der Waals surface area contributed by atoms with Gasteiger partial charge in [-0.1, -0.05) is 42.8 Å². The number of anilines is 1. The zero-order valence-corrected chi connectivity index (χ0v) is 24.7. The van der Waals surface area contributed by atoms with Crippen molar-refractivity contribution < 1.29 is 18.0 Å². The molecule has 0 aromatic heterocycles. The molecular weight excluding hydrogens is 539 g/mol. The highest BCUT2D eigenvalue weighted by Gasteiger charge is 2.35. The van der Waals surface area contributed by atoms with Gasteiger partial charge in [0.1, 0.15) is 0 Å². The molecule has 0 radical (unpaired) electrons. The zero-order valence-electron chi connectivity index (χ0n) is 24.7. The van der Waals surface area contributed by atoms with Crippen molar-refractivity contribution in [2.45, 2.75) is 57.3 Å². The van der Waals surface area contributed by atoms with E-state index in [1.807, 2.05) is 6.07 Å². The third-order valence-corrected chi connectivity index (χ3v) is 9.29. The van der Waals surface area contributed by atoms with Gasteiger partial charge in [-0.15, -0.1) is 0 Å². The molecule has 9 heteroatoms. The first kappa shape index (κ1) is 30.8. The summed E-state index contributed by atoms with van der Waals surface area (Å²) >= 11 is 0. The van der Waals surface area contributed by atoms with Crippen molar-refractivity contribution in [1.82, 2.24) is 20.0 Å². The van der Waals surface area contributed by atoms with E-state index in [0.29, 0.717) is 43.7 Å². The normalized spacial score (nSPS) is 23.2. The van der Waals surface area contributed by atoms with Crippen molar-refractivity contribution in [3.05, 3.63) is 65.7 Å². The summed E-state index contributed by atoms with van der Waals surface area (Å²) in [7, 11) is 0. The molecule has 2 aromatic carbocycles. The molecule has 0 unspecified atom stereocenters. The van der Waals surface area contributed by atoms with Gasteiger partial charge in [-0.05, 0) is 75.0 Å². The lowest BCUT2D eigenvalue weighted by molar-refractivity contribution is -0.137. The van der Waals surface area contributed by atoms with Crippen molar-refractivity contribution in [2.24, 2.45) is 5.92 Å². The number of piperazine rings is 1. The Morgan fingerprint density at radius 3 is 2.36 bits per heavy atom. The number of halogens is 3. The van der Waals surface area contributed by atoms with Gasteiger partial charge in [-0.3, -0.25) is 14.6 Å². The summed E-state index contributed by atoms with van der Waals surface area (Å²) in [6.45, 7) is 9.83. The van der Waals surface area contributed by atoms with Crippen molar-refractivity contribution in [1.29, 1.82) is 0 Å². The third kappa shape index (κ3) is 8.71. The van der Waals surface area contributed by atoms with Gasteiger partial charge in [0.15, 0.2) is 0 Å². The van der Waals surface area contributed by atoms with E-state index in [0.717, 1.165) is 71.3 Å². The standard InChI is InChI=1S/C33H46F3N5O/c34-33(35,36)29-10-7-11-30(24-29)40-20-22-41(23-21-40)31-14-18-39(25-27-8-3-1-4-9-27)26-28(31)12-13-32(42)37-15-19-38-16-5-2-6-17-38/h1,3-4,7-11,24,28,31H,2,5-6,12-23,25-26H2,(H,37,42)/t28-,31+/m1/s1. The van der Waals surface area contributed by atoms with Gasteiger partial charge < -0.3 is 15.1 Å². The molecule has 3 fully saturated rings. The van der Waals surface area contributed by atoms with Crippen LogP contribution in [-0.2, 0) is 17.5 Å². The first-order valence-electron chi connectivity index (χ1n) is 15.8. The minimum Gasteiger partial charge on any atom is -0.369 e. The van der Waals surface area contributed by atoms with Crippen LogP contribution >= 0.6 is 0 Å². The molecule has 0 aliphatic carbocycles. The lowest BCUT2D eigenvalue weighted by Gasteiger charge is -2.47. The summed E-state index contributed by atoms with van der Waals surface area (Å²) in [5.74, 6) is 0.510. The first-order chi connectivity index (χ1) is 20.3. The van der Waals surface area contributed by atoms with Crippen LogP contribution < -0.4 is 10.2 Å². The molecule has 3 aliphatic rings. The second-order valence-corrected chi connectivity index (χ2v) is 12.2.